The zero-order valence-corrected chi connectivity index (χ0v) is 20.4. The highest BCUT2D eigenvalue weighted by molar-refractivity contribution is 7.89. The molecule has 34 heavy (non-hydrogen) atoms. The minimum Gasteiger partial charge on any atom is -0.468 e. The van der Waals surface area contributed by atoms with Crippen LogP contribution in [-0.2, 0) is 31.5 Å². The monoisotopic (exact) mass is 498 g/mol. The molecule has 1 saturated heterocycles. The number of carbonyl (C=O) groups excluding carboxylic acids is 2. The molecule has 0 saturated carbocycles. The molecule has 2 aromatic carbocycles. The highest BCUT2D eigenvalue weighted by Gasteiger charge is 2.44. The molecule has 4 rings (SSSR count). The molecule has 2 heterocycles. The Morgan fingerprint density at radius 2 is 1.68 bits per heavy atom. The van der Waals surface area contributed by atoms with Gasteiger partial charge in [0, 0.05) is 30.1 Å². The quantitative estimate of drug-likeness (QED) is 0.503. The number of nitrogens with zero attached hydrogens (tertiary/aromatic N) is 1. The van der Waals surface area contributed by atoms with Gasteiger partial charge >= 0.3 is 5.97 Å². The van der Waals surface area contributed by atoms with E-state index >= 15 is 0 Å². The lowest BCUT2D eigenvalue weighted by molar-refractivity contribution is -0.149. The van der Waals surface area contributed by atoms with Crippen LogP contribution in [0.15, 0.2) is 77.0 Å². The van der Waals surface area contributed by atoms with Crippen molar-refractivity contribution in [3.05, 3.63) is 88.1 Å². The smallest absolute Gasteiger partial charge is 0.316 e. The zero-order valence-electron chi connectivity index (χ0n) is 18.8. The van der Waals surface area contributed by atoms with E-state index in [1.54, 1.807) is 4.90 Å². The number of piperidine rings is 1. The number of esters is 1. The van der Waals surface area contributed by atoms with Gasteiger partial charge in [0.15, 0.2) is 0 Å². The second-order valence-corrected chi connectivity index (χ2v) is 11.0. The Morgan fingerprint density at radius 1 is 1.00 bits per heavy atom. The fourth-order valence-electron chi connectivity index (χ4n) is 4.28. The molecule has 0 atom stereocenters. The van der Waals surface area contributed by atoms with Gasteiger partial charge in [-0.15, -0.1) is 11.3 Å². The van der Waals surface area contributed by atoms with E-state index in [1.807, 2.05) is 47.8 Å². The van der Waals surface area contributed by atoms with Crippen molar-refractivity contribution in [1.29, 1.82) is 0 Å². The first kappa shape index (κ1) is 24.1. The summed E-state index contributed by atoms with van der Waals surface area (Å²) in [5.41, 5.74) is 0.514. The summed E-state index contributed by atoms with van der Waals surface area (Å²) in [6.45, 7) is 1.01. The standard InChI is InChI=1S/C25H26N2O5S2/c1-32-24(29)25(20-6-3-2-4-7-20)13-15-27(16-14-25)23(28)19-9-11-22(12-10-19)34(30,31)26-18-21-8-5-17-33-21/h2-12,17,26H,13-16,18H2,1H3. The van der Waals surface area contributed by atoms with Gasteiger partial charge in [0.1, 0.15) is 0 Å². The van der Waals surface area contributed by atoms with Crippen molar-refractivity contribution < 1.29 is 22.7 Å². The molecular weight excluding hydrogens is 472 g/mol. The molecule has 1 aliphatic heterocycles. The third-order valence-electron chi connectivity index (χ3n) is 6.23. The molecule has 1 aromatic heterocycles. The van der Waals surface area contributed by atoms with Gasteiger partial charge in [0.25, 0.3) is 5.91 Å². The molecule has 178 valence electrons. The lowest BCUT2D eigenvalue weighted by Gasteiger charge is -2.40. The van der Waals surface area contributed by atoms with E-state index < -0.39 is 15.4 Å². The van der Waals surface area contributed by atoms with Gasteiger partial charge < -0.3 is 9.64 Å². The highest BCUT2D eigenvalue weighted by atomic mass is 32.2. The van der Waals surface area contributed by atoms with Crippen LogP contribution in [0.25, 0.3) is 0 Å². The number of hydrogen-bond acceptors (Lipinski definition) is 6. The van der Waals surface area contributed by atoms with Gasteiger partial charge in [0.05, 0.1) is 17.4 Å². The maximum atomic E-state index is 13.1. The average molecular weight is 499 g/mol. The zero-order chi connectivity index (χ0) is 24.2. The molecule has 3 aromatic rings. The van der Waals surface area contributed by atoms with Crippen LogP contribution >= 0.6 is 11.3 Å². The van der Waals surface area contributed by atoms with Gasteiger partial charge in [-0.1, -0.05) is 36.4 Å². The number of methoxy groups -OCH3 is 1. The van der Waals surface area contributed by atoms with Crippen molar-refractivity contribution in [3.63, 3.8) is 0 Å². The van der Waals surface area contributed by atoms with E-state index in [-0.39, 0.29) is 23.3 Å². The number of thiophene rings is 1. The van der Waals surface area contributed by atoms with Crippen LogP contribution < -0.4 is 4.72 Å². The molecule has 0 aliphatic carbocycles. The van der Waals surface area contributed by atoms with E-state index in [1.165, 1.54) is 42.7 Å². The Morgan fingerprint density at radius 3 is 2.26 bits per heavy atom. The molecular formula is C25H26N2O5S2. The number of nitrogens with one attached hydrogen (secondary N) is 1. The van der Waals surface area contributed by atoms with Crippen LogP contribution in [0.2, 0.25) is 0 Å². The summed E-state index contributed by atoms with van der Waals surface area (Å²) in [7, 11) is -2.30. The molecule has 1 aliphatic rings. The van der Waals surface area contributed by atoms with Crippen molar-refractivity contribution in [2.45, 2.75) is 29.7 Å². The lowest BCUT2D eigenvalue weighted by Crippen LogP contribution is -2.49. The first-order valence-corrected chi connectivity index (χ1v) is 13.3. The molecule has 0 bridgehead atoms. The summed E-state index contributed by atoms with van der Waals surface area (Å²) >= 11 is 1.48. The largest absolute Gasteiger partial charge is 0.468 e. The summed E-state index contributed by atoms with van der Waals surface area (Å²) in [5.74, 6) is -0.488. The van der Waals surface area contributed by atoms with Crippen LogP contribution in [0.1, 0.15) is 33.6 Å². The maximum absolute atomic E-state index is 13.1. The Balaban J connectivity index is 1.43. The molecule has 1 N–H and O–H groups in total. The summed E-state index contributed by atoms with van der Waals surface area (Å²) < 4.78 is 32.8. The van der Waals surface area contributed by atoms with Gasteiger partial charge in [-0.25, -0.2) is 13.1 Å². The van der Waals surface area contributed by atoms with Crippen LogP contribution in [0, 0.1) is 0 Å². The topological polar surface area (TPSA) is 92.8 Å². The summed E-state index contributed by atoms with van der Waals surface area (Å²) in [6, 6.07) is 19.2. The molecule has 7 nitrogen and oxygen atoms in total. The molecule has 0 spiro atoms. The fraction of sp³-hybridized carbons (Fsp3) is 0.280. The molecule has 0 radical (unpaired) electrons. The summed E-state index contributed by atoms with van der Waals surface area (Å²) in [5, 5.41) is 1.89. The normalized spacial score (nSPS) is 15.6. The molecule has 0 unspecified atom stereocenters. The van der Waals surface area contributed by atoms with Crippen molar-refractivity contribution in [1.82, 2.24) is 9.62 Å². The average Bonchev–Trinajstić information content (AvgIpc) is 3.41. The maximum Gasteiger partial charge on any atom is 0.316 e. The van der Waals surface area contributed by atoms with Crippen molar-refractivity contribution in [3.8, 4) is 0 Å². The van der Waals surface area contributed by atoms with Crippen LogP contribution in [-0.4, -0.2) is 45.4 Å². The van der Waals surface area contributed by atoms with Crippen LogP contribution in [0.4, 0.5) is 0 Å². The first-order chi connectivity index (χ1) is 16.4. The van der Waals surface area contributed by atoms with Crippen LogP contribution in [0.3, 0.4) is 0 Å². The number of sulfonamides is 1. The number of likely N-dealkylation sites (tertiary alicyclic amines) is 1. The van der Waals surface area contributed by atoms with Gasteiger partial charge in [-0.05, 0) is 54.1 Å². The van der Waals surface area contributed by atoms with Crippen molar-refractivity contribution >= 4 is 33.2 Å². The van der Waals surface area contributed by atoms with Crippen molar-refractivity contribution in [2.24, 2.45) is 0 Å². The Kier molecular flexibility index (Phi) is 7.16. The van der Waals surface area contributed by atoms with E-state index in [4.69, 9.17) is 4.74 Å². The summed E-state index contributed by atoms with van der Waals surface area (Å²) in [4.78, 5) is 28.5. The predicted molar refractivity (Wildman–Crippen MR) is 130 cm³/mol. The van der Waals surface area contributed by atoms with Crippen LogP contribution in [0.5, 0.6) is 0 Å². The Hall–Kier alpha value is -3.01. The highest BCUT2D eigenvalue weighted by Crippen LogP contribution is 2.37. The van der Waals surface area contributed by atoms with Crippen molar-refractivity contribution in [2.75, 3.05) is 20.2 Å². The first-order valence-electron chi connectivity index (χ1n) is 10.9. The third-order valence-corrected chi connectivity index (χ3v) is 8.53. The minimum atomic E-state index is -3.68. The molecule has 1 amide bonds. The second-order valence-electron chi connectivity index (χ2n) is 8.16. The van der Waals surface area contributed by atoms with Gasteiger partial charge in [0.2, 0.25) is 10.0 Å². The fourth-order valence-corrected chi connectivity index (χ4v) is 6.02. The number of hydrogen-bond donors (Lipinski definition) is 1. The predicted octanol–water partition coefficient (Wildman–Crippen LogP) is 3.57. The number of ether oxygens (including phenoxy) is 1. The number of amides is 1. The minimum absolute atomic E-state index is 0.105. The van der Waals surface area contributed by atoms with Gasteiger partial charge in [-0.2, -0.15) is 0 Å². The van der Waals surface area contributed by atoms with Gasteiger partial charge in [-0.3, -0.25) is 9.59 Å². The Bertz CT molecular complexity index is 1230. The number of carbonyl (C=O) groups is 2. The van der Waals surface area contributed by atoms with E-state index in [9.17, 15) is 18.0 Å². The van der Waals surface area contributed by atoms with E-state index in [0.29, 0.717) is 31.5 Å². The summed E-state index contributed by atoms with van der Waals surface area (Å²) in [6.07, 6.45) is 0.906. The molecule has 9 heteroatoms. The lowest BCUT2D eigenvalue weighted by atomic mass is 9.72. The van der Waals surface area contributed by atoms with E-state index in [0.717, 1.165) is 10.4 Å². The second kappa shape index (κ2) is 10.1. The Labute approximate surface area is 203 Å². The number of benzene rings is 2. The number of rotatable bonds is 7. The molecule has 1 fully saturated rings. The van der Waals surface area contributed by atoms with E-state index in [2.05, 4.69) is 4.72 Å². The third kappa shape index (κ3) is 4.91. The SMILES string of the molecule is COC(=O)C1(c2ccccc2)CCN(C(=O)c2ccc(S(=O)(=O)NCc3cccs3)cc2)CC1.